The predicted molar refractivity (Wildman–Crippen MR) is 88.6 cm³/mol. The van der Waals surface area contributed by atoms with Crippen LogP contribution in [-0.4, -0.2) is 4.98 Å². The highest BCUT2D eigenvalue weighted by Gasteiger charge is 2.12. The van der Waals surface area contributed by atoms with Gasteiger partial charge in [-0.3, -0.25) is 9.78 Å². The van der Waals surface area contributed by atoms with Crippen LogP contribution in [0.15, 0.2) is 76.2 Å². The molecule has 0 spiro atoms. The molecule has 23 heavy (non-hydrogen) atoms. The van der Waals surface area contributed by atoms with Crippen molar-refractivity contribution in [2.24, 2.45) is 0 Å². The highest BCUT2D eigenvalue weighted by atomic mass is 16.5. The lowest BCUT2D eigenvalue weighted by molar-refractivity contribution is 0.309. The largest absolute Gasteiger partial charge is 0.488 e. The van der Waals surface area contributed by atoms with Crippen LogP contribution < -0.4 is 10.2 Å². The summed E-state index contributed by atoms with van der Waals surface area (Å²) in [5, 5.41) is 1.02. The number of rotatable bonds is 3. The van der Waals surface area contributed by atoms with Crippen molar-refractivity contribution in [3.05, 3.63) is 82.8 Å². The van der Waals surface area contributed by atoms with Gasteiger partial charge in [0.2, 0.25) is 5.43 Å². The van der Waals surface area contributed by atoms with Crippen molar-refractivity contribution >= 4 is 21.9 Å². The third-order valence-electron chi connectivity index (χ3n) is 3.68. The molecule has 0 unspecified atom stereocenters. The Morgan fingerprint density at radius 3 is 2.70 bits per heavy atom. The molecular weight excluding hydrogens is 290 g/mol. The van der Waals surface area contributed by atoms with Gasteiger partial charge < -0.3 is 9.15 Å². The van der Waals surface area contributed by atoms with Crippen molar-refractivity contribution in [2.75, 3.05) is 0 Å². The van der Waals surface area contributed by atoms with E-state index in [4.69, 9.17) is 9.15 Å². The van der Waals surface area contributed by atoms with E-state index in [-0.39, 0.29) is 5.43 Å². The standard InChI is InChI=1S/C19H13NO3/c21-19-14-6-1-2-7-15(14)23-17-9-3-8-16(18(17)19)22-12-13-5-4-10-20-11-13/h1-11H,12H2. The summed E-state index contributed by atoms with van der Waals surface area (Å²) >= 11 is 0. The van der Waals surface area contributed by atoms with Crippen LogP contribution in [0.3, 0.4) is 0 Å². The van der Waals surface area contributed by atoms with E-state index in [9.17, 15) is 4.79 Å². The fourth-order valence-electron chi connectivity index (χ4n) is 2.58. The van der Waals surface area contributed by atoms with Gasteiger partial charge in [-0.05, 0) is 30.3 Å². The van der Waals surface area contributed by atoms with Crippen LogP contribution >= 0.6 is 0 Å². The van der Waals surface area contributed by atoms with Gasteiger partial charge in [-0.2, -0.15) is 0 Å². The lowest BCUT2D eigenvalue weighted by atomic mass is 10.1. The summed E-state index contributed by atoms with van der Waals surface area (Å²) in [7, 11) is 0. The van der Waals surface area contributed by atoms with Crippen molar-refractivity contribution < 1.29 is 9.15 Å². The molecule has 0 aliphatic heterocycles. The molecule has 4 heteroatoms. The van der Waals surface area contributed by atoms with Gasteiger partial charge in [-0.1, -0.05) is 24.3 Å². The molecule has 4 rings (SSSR count). The van der Waals surface area contributed by atoms with Gasteiger partial charge in [0.15, 0.2) is 0 Å². The zero-order chi connectivity index (χ0) is 15.6. The first-order chi connectivity index (χ1) is 11.3. The maximum atomic E-state index is 12.8. The molecule has 0 bridgehead atoms. The van der Waals surface area contributed by atoms with Crippen LogP contribution in [0, 0.1) is 0 Å². The van der Waals surface area contributed by atoms with E-state index in [1.165, 1.54) is 0 Å². The average molecular weight is 303 g/mol. The lowest BCUT2D eigenvalue weighted by Gasteiger charge is -2.09. The van der Waals surface area contributed by atoms with Crippen LogP contribution in [0.25, 0.3) is 21.9 Å². The topological polar surface area (TPSA) is 52.3 Å². The zero-order valence-corrected chi connectivity index (χ0v) is 12.2. The molecule has 2 heterocycles. The van der Waals surface area contributed by atoms with E-state index < -0.39 is 0 Å². The number of hydrogen-bond donors (Lipinski definition) is 0. The molecule has 0 saturated heterocycles. The van der Waals surface area contributed by atoms with E-state index in [2.05, 4.69) is 4.98 Å². The van der Waals surface area contributed by atoms with Crippen LogP contribution in [0.2, 0.25) is 0 Å². The van der Waals surface area contributed by atoms with Crippen LogP contribution in [0.1, 0.15) is 5.56 Å². The van der Waals surface area contributed by atoms with Crippen molar-refractivity contribution in [1.82, 2.24) is 4.98 Å². The summed E-state index contributed by atoms with van der Waals surface area (Å²) in [5.41, 5.74) is 1.96. The first kappa shape index (κ1) is 13.5. The monoisotopic (exact) mass is 303 g/mol. The van der Waals surface area contributed by atoms with E-state index in [1.54, 1.807) is 36.7 Å². The van der Waals surface area contributed by atoms with E-state index >= 15 is 0 Å². The van der Waals surface area contributed by atoms with E-state index in [0.717, 1.165) is 5.56 Å². The number of benzene rings is 2. The van der Waals surface area contributed by atoms with Gasteiger partial charge in [-0.25, -0.2) is 0 Å². The Balaban J connectivity index is 1.84. The second-order valence-corrected chi connectivity index (χ2v) is 5.21. The number of nitrogens with zero attached hydrogens (tertiary/aromatic N) is 1. The minimum Gasteiger partial charge on any atom is -0.488 e. The van der Waals surface area contributed by atoms with E-state index in [0.29, 0.717) is 34.3 Å². The average Bonchev–Trinajstić information content (AvgIpc) is 2.61. The molecule has 2 aromatic carbocycles. The molecule has 0 aliphatic rings. The lowest BCUT2D eigenvalue weighted by Crippen LogP contribution is -2.05. The molecule has 4 aromatic rings. The highest BCUT2D eigenvalue weighted by molar-refractivity contribution is 5.93. The Morgan fingerprint density at radius 2 is 1.83 bits per heavy atom. The van der Waals surface area contributed by atoms with Crippen molar-refractivity contribution in [2.45, 2.75) is 6.61 Å². The third-order valence-corrected chi connectivity index (χ3v) is 3.68. The van der Waals surface area contributed by atoms with Gasteiger partial charge in [0.1, 0.15) is 28.9 Å². The molecule has 0 N–H and O–H groups in total. The quantitative estimate of drug-likeness (QED) is 0.538. The second kappa shape index (κ2) is 5.57. The number of fused-ring (bicyclic) bond motifs is 2. The summed E-state index contributed by atoms with van der Waals surface area (Å²) in [6, 6.07) is 16.4. The summed E-state index contributed by atoms with van der Waals surface area (Å²) in [6.45, 7) is 0.346. The van der Waals surface area contributed by atoms with Gasteiger partial charge in [-0.15, -0.1) is 0 Å². The van der Waals surface area contributed by atoms with Crippen molar-refractivity contribution in [3.8, 4) is 5.75 Å². The normalized spacial score (nSPS) is 11.0. The highest BCUT2D eigenvalue weighted by Crippen LogP contribution is 2.26. The van der Waals surface area contributed by atoms with Crippen LogP contribution in [-0.2, 0) is 6.61 Å². The predicted octanol–water partition coefficient (Wildman–Crippen LogP) is 3.92. The maximum absolute atomic E-state index is 12.8. The SMILES string of the molecule is O=c1c2ccccc2oc2cccc(OCc3cccnc3)c12. The number of ether oxygens (including phenoxy) is 1. The number of para-hydroxylation sites is 1. The molecule has 0 aliphatic carbocycles. The fourth-order valence-corrected chi connectivity index (χ4v) is 2.58. The molecule has 4 nitrogen and oxygen atoms in total. The van der Waals surface area contributed by atoms with Gasteiger partial charge in [0.25, 0.3) is 0 Å². The molecule has 0 saturated carbocycles. The summed E-state index contributed by atoms with van der Waals surface area (Å²) in [5.74, 6) is 0.519. The third kappa shape index (κ3) is 2.44. The number of hydrogen-bond acceptors (Lipinski definition) is 4. The number of pyridine rings is 1. The minimum absolute atomic E-state index is 0.0800. The van der Waals surface area contributed by atoms with Gasteiger partial charge in [0, 0.05) is 18.0 Å². The van der Waals surface area contributed by atoms with Crippen LogP contribution in [0.4, 0.5) is 0 Å². The fraction of sp³-hybridized carbons (Fsp3) is 0.0526. The smallest absolute Gasteiger partial charge is 0.204 e. The Hall–Kier alpha value is -3.14. The van der Waals surface area contributed by atoms with E-state index in [1.807, 2.05) is 30.3 Å². The zero-order valence-electron chi connectivity index (χ0n) is 12.2. The molecular formula is C19H13NO3. The Bertz CT molecular complexity index is 1040. The summed E-state index contributed by atoms with van der Waals surface area (Å²) in [6.07, 6.45) is 3.45. The number of aromatic nitrogens is 1. The molecule has 2 aromatic heterocycles. The molecule has 0 radical (unpaired) electrons. The first-order valence-corrected chi connectivity index (χ1v) is 7.29. The molecule has 0 fully saturated rings. The van der Waals surface area contributed by atoms with Crippen molar-refractivity contribution in [1.29, 1.82) is 0 Å². The Labute approximate surface area is 132 Å². The molecule has 0 amide bonds. The van der Waals surface area contributed by atoms with Crippen molar-refractivity contribution in [3.63, 3.8) is 0 Å². The molecule has 0 atom stereocenters. The Morgan fingerprint density at radius 1 is 0.957 bits per heavy atom. The van der Waals surface area contributed by atoms with Gasteiger partial charge in [0.05, 0.1) is 5.39 Å². The summed E-state index contributed by atoms with van der Waals surface area (Å²) < 4.78 is 11.7. The van der Waals surface area contributed by atoms with Gasteiger partial charge >= 0.3 is 0 Å². The first-order valence-electron chi connectivity index (χ1n) is 7.29. The second-order valence-electron chi connectivity index (χ2n) is 5.21. The minimum atomic E-state index is -0.0800. The summed E-state index contributed by atoms with van der Waals surface area (Å²) in [4.78, 5) is 16.8. The maximum Gasteiger partial charge on any atom is 0.204 e. The molecule has 112 valence electrons. The van der Waals surface area contributed by atoms with Crippen LogP contribution in [0.5, 0.6) is 5.75 Å². The Kier molecular flexibility index (Phi) is 3.27.